The number of hydrogen-bond donors (Lipinski definition) is 2. The molecule has 1 aliphatic carbocycles. The number of rotatable bonds is 12. The lowest BCUT2D eigenvalue weighted by Gasteiger charge is -2.18. The standard InChI is InChI=1S/C21H36O4/c1-3-4-7-10-18(22)15-13-17-14-16-20(23)19(17)11-8-5-6-9-12-21(24)25-2/h5,8,13,15,17-20,22-23H,3-4,6-7,9-12,14,16H2,1-2H3. The van der Waals surface area contributed by atoms with E-state index in [-0.39, 0.29) is 24.1 Å². The van der Waals surface area contributed by atoms with E-state index in [1.807, 2.05) is 6.08 Å². The Morgan fingerprint density at radius 3 is 2.76 bits per heavy atom. The number of carbonyl (C=O) groups excluding carboxylic acids is 1. The highest BCUT2D eigenvalue weighted by atomic mass is 16.5. The molecule has 1 rings (SSSR count). The number of aliphatic hydroxyl groups excluding tert-OH is 2. The molecule has 4 atom stereocenters. The van der Waals surface area contributed by atoms with Crippen LogP contribution in [0.1, 0.15) is 71.1 Å². The molecule has 0 saturated heterocycles. The predicted octanol–water partition coefficient (Wildman–Crippen LogP) is 4.16. The molecule has 0 heterocycles. The van der Waals surface area contributed by atoms with Gasteiger partial charge in [-0.1, -0.05) is 50.5 Å². The van der Waals surface area contributed by atoms with E-state index in [4.69, 9.17) is 0 Å². The Balaban J connectivity index is 2.34. The van der Waals surface area contributed by atoms with Gasteiger partial charge in [0, 0.05) is 6.42 Å². The largest absolute Gasteiger partial charge is 0.469 e. The number of carbonyl (C=O) groups is 1. The van der Waals surface area contributed by atoms with E-state index in [1.54, 1.807) is 0 Å². The first kappa shape index (κ1) is 21.9. The second-order valence-corrected chi connectivity index (χ2v) is 7.10. The van der Waals surface area contributed by atoms with Crippen molar-refractivity contribution in [3.8, 4) is 0 Å². The Hall–Kier alpha value is -1.13. The monoisotopic (exact) mass is 352 g/mol. The van der Waals surface area contributed by atoms with Gasteiger partial charge in [-0.2, -0.15) is 0 Å². The minimum absolute atomic E-state index is 0.165. The summed E-state index contributed by atoms with van der Waals surface area (Å²) in [4.78, 5) is 11.0. The lowest BCUT2D eigenvalue weighted by atomic mass is 9.90. The lowest BCUT2D eigenvalue weighted by Crippen LogP contribution is -2.17. The minimum Gasteiger partial charge on any atom is -0.469 e. The highest BCUT2D eigenvalue weighted by molar-refractivity contribution is 5.69. The molecular formula is C21H36O4. The molecule has 4 nitrogen and oxygen atoms in total. The fraction of sp³-hybridized carbons (Fsp3) is 0.762. The normalized spacial score (nSPS) is 25.0. The number of methoxy groups -OCH3 is 1. The first-order chi connectivity index (χ1) is 12.1. The second kappa shape index (κ2) is 13.1. The third-order valence-corrected chi connectivity index (χ3v) is 5.08. The zero-order valence-corrected chi connectivity index (χ0v) is 15.9. The second-order valence-electron chi connectivity index (χ2n) is 7.10. The molecule has 2 N–H and O–H groups in total. The Morgan fingerprint density at radius 1 is 1.24 bits per heavy atom. The molecule has 25 heavy (non-hydrogen) atoms. The number of hydrogen-bond acceptors (Lipinski definition) is 4. The van der Waals surface area contributed by atoms with Gasteiger partial charge in [-0.3, -0.25) is 4.79 Å². The van der Waals surface area contributed by atoms with Crippen molar-refractivity contribution in [2.24, 2.45) is 11.8 Å². The van der Waals surface area contributed by atoms with Gasteiger partial charge >= 0.3 is 5.97 Å². The SMILES string of the molecule is CCCCCC(O)C=CC1CCC(O)C1CC=CCCCC(=O)OC. The van der Waals surface area contributed by atoms with Crippen LogP contribution in [-0.2, 0) is 9.53 Å². The van der Waals surface area contributed by atoms with Gasteiger partial charge in [-0.15, -0.1) is 0 Å². The zero-order valence-electron chi connectivity index (χ0n) is 15.9. The Bertz CT molecular complexity index is 416. The van der Waals surface area contributed by atoms with Crippen LogP contribution in [0.4, 0.5) is 0 Å². The zero-order chi connectivity index (χ0) is 18.5. The van der Waals surface area contributed by atoms with Gasteiger partial charge in [0.2, 0.25) is 0 Å². The highest BCUT2D eigenvalue weighted by Gasteiger charge is 2.32. The van der Waals surface area contributed by atoms with E-state index in [9.17, 15) is 15.0 Å². The van der Waals surface area contributed by atoms with Gasteiger partial charge < -0.3 is 14.9 Å². The molecule has 0 aliphatic heterocycles. The summed E-state index contributed by atoms with van der Waals surface area (Å²) in [5.41, 5.74) is 0. The first-order valence-corrected chi connectivity index (χ1v) is 9.84. The highest BCUT2D eigenvalue weighted by Crippen LogP contribution is 2.36. The fourth-order valence-corrected chi connectivity index (χ4v) is 3.46. The topological polar surface area (TPSA) is 66.8 Å². The van der Waals surface area contributed by atoms with E-state index in [0.29, 0.717) is 12.3 Å². The van der Waals surface area contributed by atoms with Crippen molar-refractivity contribution in [1.29, 1.82) is 0 Å². The van der Waals surface area contributed by atoms with Crippen LogP contribution in [0.3, 0.4) is 0 Å². The quantitative estimate of drug-likeness (QED) is 0.314. The van der Waals surface area contributed by atoms with Crippen LogP contribution in [-0.4, -0.2) is 35.5 Å². The Morgan fingerprint density at radius 2 is 2.04 bits per heavy atom. The molecule has 0 aromatic carbocycles. The van der Waals surface area contributed by atoms with Crippen LogP contribution >= 0.6 is 0 Å². The van der Waals surface area contributed by atoms with E-state index < -0.39 is 0 Å². The Labute approximate surface area is 153 Å². The van der Waals surface area contributed by atoms with Gasteiger partial charge in [0.1, 0.15) is 0 Å². The smallest absolute Gasteiger partial charge is 0.305 e. The fourth-order valence-electron chi connectivity index (χ4n) is 3.46. The van der Waals surface area contributed by atoms with Crippen molar-refractivity contribution >= 4 is 5.97 Å². The van der Waals surface area contributed by atoms with Crippen molar-refractivity contribution in [3.63, 3.8) is 0 Å². The number of ether oxygens (including phenoxy) is 1. The molecule has 144 valence electrons. The summed E-state index contributed by atoms with van der Waals surface area (Å²) in [5.74, 6) is 0.411. The van der Waals surface area contributed by atoms with Crippen LogP contribution in [0.2, 0.25) is 0 Å². The van der Waals surface area contributed by atoms with Crippen LogP contribution in [0.25, 0.3) is 0 Å². The van der Waals surface area contributed by atoms with E-state index >= 15 is 0 Å². The number of aliphatic hydroxyl groups is 2. The maximum Gasteiger partial charge on any atom is 0.305 e. The summed E-state index contributed by atoms with van der Waals surface area (Å²) in [6.07, 6.45) is 16.6. The van der Waals surface area contributed by atoms with Crippen LogP contribution in [0.5, 0.6) is 0 Å². The summed E-state index contributed by atoms with van der Waals surface area (Å²) >= 11 is 0. The predicted molar refractivity (Wildman–Crippen MR) is 101 cm³/mol. The van der Waals surface area contributed by atoms with E-state index in [1.165, 1.54) is 13.5 Å². The summed E-state index contributed by atoms with van der Waals surface area (Å²) in [7, 11) is 1.41. The number of allylic oxidation sites excluding steroid dienone is 3. The lowest BCUT2D eigenvalue weighted by molar-refractivity contribution is -0.140. The molecule has 1 saturated carbocycles. The van der Waals surface area contributed by atoms with E-state index in [2.05, 4.69) is 29.9 Å². The minimum atomic E-state index is -0.362. The van der Waals surface area contributed by atoms with Gasteiger partial charge in [0.05, 0.1) is 19.3 Å². The van der Waals surface area contributed by atoms with Crippen molar-refractivity contribution in [1.82, 2.24) is 0 Å². The van der Waals surface area contributed by atoms with Crippen LogP contribution < -0.4 is 0 Å². The van der Waals surface area contributed by atoms with Crippen molar-refractivity contribution in [2.75, 3.05) is 7.11 Å². The molecule has 0 bridgehead atoms. The van der Waals surface area contributed by atoms with Crippen molar-refractivity contribution < 1.29 is 19.7 Å². The van der Waals surface area contributed by atoms with Gasteiger partial charge in [-0.25, -0.2) is 0 Å². The molecular weight excluding hydrogens is 316 g/mol. The molecule has 1 fully saturated rings. The molecule has 0 amide bonds. The number of unbranched alkanes of at least 4 members (excludes halogenated alkanes) is 3. The summed E-state index contributed by atoms with van der Waals surface area (Å²) in [5, 5.41) is 20.2. The molecule has 4 unspecified atom stereocenters. The molecule has 4 heteroatoms. The van der Waals surface area contributed by atoms with Crippen molar-refractivity contribution in [2.45, 2.75) is 83.3 Å². The van der Waals surface area contributed by atoms with E-state index in [0.717, 1.165) is 51.4 Å². The number of esters is 1. The van der Waals surface area contributed by atoms with Crippen LogP contribution in [0, 0.1) is 11.8 Å². The van der Waals surface area contributed by atoms with Crippen molar-refractivity contribution in [3.05, 3.63) is 24.3 Å². The molecule has 0 spiro atoms. The van der Waals surface area contributed by atoms with Gasteiger partial charge in [0.15, 0.2) is 0 Å². The average molecular weight is 353 g/mol. The summed E-state index contributed by atoms with van der Waals surface area (Å²) < 4.78 is 4.62. The Kier molecular flexibility index (Phi) is 11.5. The van der Waals surface area contributed by atoms with Crippen LogP contribution in [0.15, 0.2) is 24.3 Å². The van der Waals surface area contributed by atoms with Gasteiger partial charge in [-0.05, 0) is 50.4 Å². The molecule has 0 aromatic heterocycles. The third kappa shape index (κ3) is 9.22. The third-order valence-electron chi connectivity index (χ3n) is 5.08. The maximum atomic E-state index is 11.0. The molecule has 0 aromatic rings. The molecule has 1 aliphatic rings. The maximum absolute atomic E-state index is 11.0. The average Bonchev–Trinajstić information content (AvgIpc) is 2.96. The summed E-state index contributed by atoms with van der Waals surface area (Å²) in [6, 6.07) is 0. The summed E-state index contributed by atoms with van der Waals surface area (Å²) in [6.45, 7) is 2.16. The first-order valence-electron chi connectivity index (χ1n) is 9.84. The van der Waals surface area contributed by atoms with Gasteiger partial charge in [0.25, 0.3) is 0 Å². The molecule has 0 radical (unpaired) electrons.